The van der Waals surface area contributed by atoms with Gasteiger partial charge in [-0.05, 0) is 48.7 Å². The first-order valence-electron chi connectivity index (χ1n) is 11.4. The highest BCUT2D eigenvalue weighted by atomic mass is 32.1. The first-order valence-corrected chi connectivity index (χ1v) is 12.3. The number of nitrogens with one attached hydrogen (secondary N) is 1. The van der Waals surface area contributed by atoms with Crippen molar-refractivity contribution in [1.82, 2.24) is 10.3 Å². The molecule has 0 fully saturated rings. The molecule has 6 heteroatoms. The molecule has 35 heavy (non-hydrogen) atoms. The minimum atomic E-state index is -0.180. The minimum absolute atomic E-state index is 0.0789. The van der Waals surface area contributed by atoms with Gasteiger partial charge in [-0.25, -0.2) is 4.98 Å². The molecule has 5 nitrogen and oxygen atoms in total. The molecule has 5 rings (SSSR count). The molecule has 1 N–H and O–H groups in total. The molecule has 5 aromatic rings. The summed E-state index contributed by atoms with van der Waals surface area (Å²) in [5.41, 5.74) is 5.78. The minimum Gasteiger partial charge on any atom is -0.456 e. The smallest absolute Gasteiger partial charge is 0.251 e. The second-order valence-electron chi connectivity index (χ2n) is 8.59. The lowest BCUT2D eigenvalue weighted by Crippen LogP contribution is -2.22. The van der Waals surface area contributed by atoms with E-state index in [9.17, 15) is 9.59 Å². The second-order valence-corrected chi connectivity index (χ2v) is 9.53. The summed E-state index contributed by atoms with van der Waals surface area (Å²) >= 11 is 1.60. The summed E-state index contributed by atoms with van der Waals surface area (Å²) in [4.78, 5) is 29.9. The van der Waals surface area contributed by atoms with Crippen molar-refractivity contribution in [1.29, 1.82) is 0 Å². The molecule has 2 aromatic heterocycles. The Morgan fingerprint density at radius 2 is 1.77 bits per heavy atom. The number of carbonyl (C=O) groups excluding carboxylic acids is 1. The van der Waals surface area contributed by atoms with Gasteiger partial charge in [0.05, 0.1) is 22.6 Å². The van der Waals surface area contributed by atoms with Crippen molar-refractivity contribution in [3.05, 3.63) is 121 Å². The molecule has 0 spiro atoms. The van der Waals surface area contributed by atoms with Crippen molar-refractivity contribution in [2.24, 2.45) is 0 Å². The highest BCUT2D eigenvalue weighted by Gasteiger charge is 2.12. The Hall–Kier alpha value is -4.03. The number of amides is 1. The van der Waals surface area contributed by atoms with E-state index in [4.69, 9.17) is 4.42 Å². The zero-order valence-electron chi connectivity index (χ0n) is 19.5. The maximum Gasteiger partial charge on any atom is 0.251 e. The lowest BCUT2D eigenvalue weighted by atomic mass is 10.1. The lowest BCUT2D eigenvalue weighted by Gasteiger charge is -2.08. The van der Waals surface area contributed by atoms with E-state index in [-0.39, 0.29) is 11.3 Å². The summed E-state index contributed by atoms with van der Waals surface area (Å²) in [6.45, 7) is 4.26. The number of nitrogens with zero attached hydrogens (tertiary/aromatic N) is 1. The van der Waals surface area contributed by atoms with Gasteiger partial charge in [0.25, 0.3) is 5.91 Å². The van der Waals surface area contributed by atoms with E-state index in [0.717, 1.165) is 33.8 Å². The van der Waals surface area contributed by atoms with Crippen molar-refractivity contribution in [3.63, 3.8) is 0 Å². The summed E-state index contributed by atoms with van der Waals surface area (Å²) in [6, 6.07) is 22.6. The van der Waals surface area contributed by atoms with Crippen LogP contribution in [0.15, 0.2) is 87.4 Å². The summed E-state index contributed by atoms with van der Waals surface area (Å²) < 4.78 is 6.06. The third-order valence-electron chi connectivity index (χ3n) is 5.82. The topological polar surface area (TPSA) is 72.2 Å². The third-order valence-corrected chi connectivity index (χ3v) is 6.72. The van der Waals surface area contributed by atoms with E-state index in [1.165, 1.54) is 11.6 Å². The fraction of sp³-hybridized carbons (Fsp3) is 0.138. The third kappa shape index (κ3) is 5.08. The molecule has 2 heterocycles. The molecule has 0 radical (unpaired) electrons. The van der Waals surface area contributed by atoms with Gasteiger partial charge in [-0.15, -0.1) is 11.3 Å². The fourth-order valence-corrected chi connectivity index (χ4v) is 4.92. The zero-order chi connectivity index (χ0) is 24.4. The summed E-state index contributed by atoms with van der Waals surface area (Å²) in [7, 11) is 0. The van der Waals surface area contributed by atoms with Crippen LogP contribution in [0.5, 0.6) is 0 Å². The predicted octanol–water partition coefficient (Wildman–Crippen LogP) is 6.05. The number of thiazole rings is 1. The first kappa shape index (κ1) is 22.7. The molecule has 1 amide bonds. The predicted molar refractivity (Wildman–Crippen MR) is 140 cm³/mol. The number of aryl methyl sites for hydroxylation is 2. The van der Waals surface area contributed by atoms with Crippen LogP contribution in [0, 0.1) is 13.8 Å². The summed E-state index contributed by atoms with van der Waals surface area (Å²) in [5, 5.41) is 6.51. The van der Waals surface area contributed by atoms with Crippen LogP contribution in [0.25, 0.3) is 22.3 Å². The van der Waals surface area contributed by atoms with Crippen LogP contribution in [-0.4, -0.2) is 10.9 Å². The van der Waals surface area contributed by atoms with Crippen molar-refractivity contribution in [3.8, 4) is 11.3 Å². The quantitative estimate of drug-likeness (QED) is 0.321. The molecule has 3 aromatic carbocycles. The number of rotatable bonds is 6. The average Bonchev–Trinajstić information content (AvgIpc) is 3.31. The van der Waals surface area contributed by atoms with Crippen LogP contribution in [0.2, 0.25) is 0 Å². The van der Waals surface area contributed by atoms with Crippen molar-refractivity contribution < 1.29 is 9.21 Å². The Labute approximate surface area is 207 Å². The van der Waals surface area contributed by atoms with E-state index in [1.807, 2.05) is 49.6 Å². The Morgan fingerprint density at radius 3 is 2.54 bits per heavy atom. The monoisotopic (exact) mass is 480 g/mol. The van der Waals surface area contributed by atoms with Crippen LogP contribution in [0.3, 0.4) is 0 Å². The van der Waals surface area contributed by atoms with Crippen LogP contribution in [-0.2, 0) is 13.0 Å². The van der Waals surface area contributed by atoms with Gasteiger partial charge < -0.3 is 9.73 Å². The van der Waals surface area contributed by atoms with E-state index in [2.05, 4.69) is 22.4 Å². The highest BCUT2D eigenvalue weighted by Crippen LogP contribution is 2.25. The SMILES string of the molecule is Cc1cc(C)c2oc(-c3ccc(C(=O)NCc4csc(Cc5ccccc5)n4)cc3)cc(=O)c2c1. The van der Waals surface area contributed by atoms with E-state index in [1.54, 1.807) is 35.6 Å². The molecule has 174 valence electrons. The fourth-order valence-electron chi connectivity index (χ4n) is 4.09. The number of carbonyl (C=O) groups is 1. The van der Waals surface area contributed by atoms with Crippen LogP contribution >= 0.6 is 11.3 Å². The van der Waals surface area contributed by atoms with Gasteiger partial charge in [0, 0.05) is 29.0 Å². The molecule has 0 aliphatic carbocycles. The Balaban J connectivity index is 1.26. The van der Waals surface area contributed by atoms with Crippen molar-refractivity contribution in [2.75, 3.05) is 0 Å². The standard InChI is InChI=1S/C29H24N2O3S/c1-18-12-19(2)28-24(13-18)25(32)15-26(34-28)21-8-10-22(11-9-21)29(33)30-16-23-17-35-27(31-23)14-20-6-4-3-5-7-20/h3-13,15,17H,14,16H2,1-2H3,(H,30,33). The number of benzene rings is 3. The normalized spacial score (nSPS) is 11.0. The molecule has 0 saturated heterocycles. The van der Waals surface area contributed by atoms with Crippen LogP contribution in [0.4, 0.5) is 0 Å². The van der Waals surface area contributed by atoms with E-state index >= 15 is 0 Å². The van der Waals surface area contributed by atoms with Gasteiger partial charge in [-0.2, -0.15) is 0 Å². The largest absolute Gasteiger partial charge is 0.456 e. The van der Waals surface area contributed by atoms with Crippen LogP contribution < -0.4 is 10.7 Å². The highest BCUT2D eigenvalue weighted by molar-refractivity contribution is 7.09. The Bertz CT molecular complexity index is 1570. The van der Waals surface area contributed by atoms with Gasteiger partial charge >= 0.3 is 0 Å². The van der Waals surface area contributed by atoms with Gasteiger partial charge in [0.1, 0.15) is 11.3 Å². The molecular formula is C29H24N2O3S. The number of aromatic nitrogens is 1. The number of hydrogen-bond acceptors (Lipinski definition) is 5. The van der Waals surface area contributed by atoms with Crippen LogP contribution in [0.1, 0.15) is 37.7 Å². The van der Waals surface area contributed by atoms with Gasteiger partial charge in [-0.3, -0.25) is 9.59 Å². The van der Waals surface area contributed by atoms with E-state index in [0.29, 0.717) is 28.8 Å². The number of fused-ring (bicyclic) bond motifs is 1. The molecule has 0 aliphatic rings. The van der Waals surface area contributed by atoms with Crippen molar-refractivity contribution in [2.45, 2.75) is 26.8 Å². The van der Waals surface area contributed by atoms with E-state index < -0.39 is 0 Å². The number of hydrogen-bond donors (Lipinski definition) is 1. The first-order chi connectivity index (χ1) is 17.0. The van der Waals surface area contributed by atoms with Crippen molar-refractivity contribution >= 4 is 28.2 Å². The summed E-state index contributed by atoms with van der Waals surface area (Å²) in [5.74, 6) is 0.301. The zero-order valence-corrected chi connectivity index (χ0v) is 20.3. The average molecular weight is 481 g/mol. The second kappa shape index (κ2) is 9.68. The van der Waals surface area contributed by atoms with Gasteiger partial charge in [0.2, 0.25) is 0 Å². The Kier molecular flexibility index (Phi) is 6.29. The summed E-state index contributed by atoms with van der Waals surface area (Å²) in [6.07, 6.45) is 0.783. The maximum atomic E-state index is 12.7. The van der Waals surface area contributed by atoms with Gasteiger partial charge in [-0.1, -0.05) is 48.5 Å². The molecular weight excluding hydrogens is 456 g/mol. The maximum absolute atomic E-state index is 12.7. The van der Waals surface area contributed by atoms with Gasteiger partial charge in [0.15, 0.2) is 5.43 Å². The molecule has 0 bridgehead atoms. The molecule has 0 unspecified atom stereocenters. The Morgan fingerprint density at radius 1 is 1.00 bits per heavy atom. The molecule has 0 atom stereocenters. The molecule has 0 aliphatic heterocycles. The molecule has 0 saturated carbocycles. The lowest BCUT2D eigenvalue weighted by molar-refractivity contribution is 0.0950.